The van der Waals surface area contributed by atoms with Gasteiger partial charge in [-0.05, 0) is 43.0 Å². The minimum Gasteiger partial charge on any atom is -0.496 e. The molecule has 184 valence electrons. The van der Waals surface area contributed by atoms with Crippen LogP contribution in [0.15, 0.2) is 42.5 Å². The van der Waals surface area contributed by atoms with Crippen molar-refractivity contribution in [3.05, 3.63) is 58.1 Å². The zero-order valence-electron chi connectivity index (χ0n) is 19.4. The highest BCUT2D eigenvalue weighted by atomic mass is 16.6. The monoisotopic (exact) mass is 481 g/mol. The van der Waals surface area contributed by atoms with E-state index in [-0.39, 0.29) is 23.0 Å². The van der Waals surface area contributed by atoms with Crippen LogP contribution in [0.3, 0.4) is 0 Å². The first kappa shape index (κ1) is 24.2. The Hall–Kier alpha value is -3.95. The lowest BCUT2D eigenvalue weighted by molar-refractivity contribution is -0.384. The summed E-state index contributed by atoms with van der Waals surface area (Å²) in [6.45, 7) is -0.0224. The van der Waals surface area contributed by atoms with Crippen molar-refractivity contribution in [2.75, 3.05) is 30.5 Å². The number of methoxy groups -OCH3 is 1. The van der Waals surface area contributed by atoms with Crippen molar-refractivity contribution < 1.29 is 28.8 Å². The first-order valence-corrected chi connectivity index (χ1v) is 11.6. The van der Waals surface area contributed by atoms with Crippen LogP contribution in [0.1, 0.15) is 31.2 Å². The number of ether oxygens (including phenoxy) is 2. The summed E-state index contributed by atoms with van der Waals surface area (Å²) in [4.78, 5) is 51.1. The Morgan fingerprint density at radius 1 is 1.11 bits per heavy atom. The third kappa shape index (κ3) is 5.26. The molecule has 0 bridgehead atoms. The second-order valence-corrected chi connectivity index (χ2v) is 8.66. The SMILES string of the molecule is COc1ccc(NC(=O)COC(=O)C2CCCCC2C(=O)N2CCc3ccccc32)c([N+](=O)[O-])c1. The van der Waals surface area contributed by atoms with Crippen LogP contribution in [-0.4, -0.2) is 43.0 Å². The second-order valence-electron chi connectivity index (χ2n) is 8.66. The molecule has 10 heteroatoms. The molecule has 0 aromatic heterocycles. The zero-order chi connectivity index (χ0) is 24.9. The number of benzene rings is 2. The van der Waals surface area contributed by atoms with Crippen molar-refractivity contribution in [2.24, 2.45) is 11.8 Å². The molecule has 2 aromatic rings. The molecule has 1 fully saturated rings. The van der Waals surface area contributed by atoms with E-state index in [0.29, 0.717) is 19.4 Å². The number of carbonyl (C=O) groups excluding carboxylic acids is 3. The standard InChI is InChI=1S/C25H27N3O7/c1-34-17-10-11-20(22(14-17)28(32)33)26-23(29)15-35-25(31)19-8-4-3-7-18(19)24(30)27-13-12-16-6-2-5-9-21(16)27/h2,5-6,9-11,14,18-19H,3-4,7-8,12-13,15H2,1H3,(H,26,29). The third-order valence-electron chi connectivity index (χ3n) is 6.56. The molecule has 2 aliphatic rings. The molecule has 4 rings (SSSR count). The smallest absolute Gasteiger partial charge is 0.310 e. The summed E-state index contributed by atoms with van der Waals surface area (Å²) >= 11 is 0. The first-order valence-electron chi connectivity index (χ1n) is 11.6. The van der Waals surface area contributed by atoms with E-state index in [0.717, 1.165) is 30.5 Å². The molecular formula is C25H27N3O7. The van der Waals surface area contributed by atoms with Crippen molar-refractivity contribution in [1.29, 1.82) is 0 Å². The van der Waals surface area contributed by atoms with Gasteiger partial charge in [0.1, 0.15) is 11.4 Å². The Kier molecular flexibility index (Phi) is 7.28. The van der Waals surface area contributed by atoms with Gasteiger partial charge in [-0.1, -0.05) is 31.0 Å². The van der Waals surface area contributed by atoms with E-state index in [1.807, 2.05) is 24.3 Å². The fourth-order valence-electron chi connectivity index (χ4n) is 4.80. The van der Waals surface area contributed by atoms with Crippen LogP contribution in [-0.2, 0) is 25.5 Å². The molecule has 0 saturated heterocycles. The maximum absolute atomic E-state index is 13.4. The zero-order valence-corrected chi connectivity index (χ0v) is 19.4. The summed E-state index contributed by atoms with van der Waals surface area (Å²) < 4.78 is 10.2. The van der Waals surface area contributed by atoms with E-state index in [4.69, 9.17) is 9.47 Å². The number of hydrogen-bond donors (Lipinski definition) is 1. The maximum Gasteiger partial charge on any atom is 0.310 e. The maximum atomic E-state index is 13.4. The molecule has 2 atom stereocenters. The Morgan fingerprint density at radius 2 is 1.86 bits per heavy atom. The second kappa shape index (κ2) is 10.5. The van der Waals surface area contributed by atoms with E-state index in [1.54, 1.807) is 4.90 Å². The van der Waals surface area contributed by atoms with Gasteiger partial charge in [0.15, 0.2) is 6.61 Å². The number of carbonyl (C=O) groups is 3. The number of amides is 2. The molecule has 2 amide bonds. The number of fused-ring (bicyclic) bond motifs is 1. The van der Waals surface area contributed by atoms with Gasteiger partial charge in [0.25, 0.3) is 11.6 Å². The number of nitro groups is 1. The normalized spacial score (nSPS) is 18.9. The Morgan fingerprint density at radius 3 is 2.60 bits per heavy atom. The molecule has 0 radical (unpaired) electrons. The van der Waals surface area contributed by atoms with Gasteiger partial charge in [0.2, 0.25) is 5.91 Å². The largest absolute Gasteiger partial charge is 0.496 e. The average molecular weight is 482 g/mol. The van der Waals surface area contributed by atoms with E-state index in [9.17, 15) is 24.5 Å². The molecular weight excluding hydrogens is 454 g/mol. The summed E-state index contributed by atoms with van der Waals surface area (Å²) in [5, 5.41) is 13.7. The molecule has 0 spiro atoms. The van der Waals surface area contributed by atoms with Gasteiger partial charge in [-0.25, -0.2) is 0 Å². The number of rotatable bonds is 7. The molecule has 1 aliphatic heterocycles. The lowest BCUT2D eigenvalue weighted by Crippen LogP contribution is -2.42. The third-order valence-corrected chi connectivity index (χ3v) is 6.56. The van der Waals surface area contributed by atoms with Crippen LogP contribution < -0.4 is 15.0 Å². The van der Waals surface area contributed by atoms with E-state index in [2.05, 4.69) is 5.32 Å². The quantitative estimate of drug-likeness (QED) is 0.364. The van der Waals surface area contributed by atoms with Gasteiger partial charge >= 0.3 is 5.97 Å². The van der Waals surface area contributed by atoms with Crippen LogP contribution in [0.5, 0.6) is 5.75 Å². The predicted molar refractivity (Wildman–Crippen MR) is 127 cm³/mol. The van der Waals surface area contributed by atoms with E-state index < -0.39 is 35.2 Å². The van der Waals surface area contributed by atoms with Crippen LogP contribution in [0.2, 0.25) is 0 Å². The number of hydrogen-bond acceptors (Lipinski definition) is 7. The molecule has 1 saturated carbocycles. The van der Waals surface area contributed by atoms with Gasteiger partial charge in [0, 0.05) is 12.2 Å². The highest BCUT2D eigenvalue weighted by molar-refractivity contribution is 5.99. The molecule has 1 heterocycles. The fraction of sp³-hybridized carbons (Fsp3) is 0.400. The van der Waals surface area contributed by atoms with Crippen LogP contribution >= 0.6 is 0 Å². The van der Waals surface area contributed by atoms with Crippen molar-refractivity contribution in [3.8, 4) is 5.75 Å². The molecule has 1 N–H and O–H groups in total. The number of anilines is 2. The first-order chi connectivity index (χ1) is 16.9. The number of para-hydroxylation sites is 1. The van der Waals surface area contributed by atoms with Crippen molar-refractivity contribution in [1.82, 2.24) is 0 Å². The van der Waals surface area contributed by atoms with Crippen LogP contribution in [0.25, 0.3) is 0 Å². The van der Waals surface area contributed by atoms with Crippen LogP contribution in [0.4, 0.5) is 17.1 Å². The molecule has 2 unspecified atom stereocenters. The van der Waals surface area contributed by atoms with Crippen molar-refractivity contribution in [2.45, 2.75) is 32.1 Å². The number of esters is 1. The van der Waals surface area contributed by atoms with Gasteiger partial charge in [-0.3, -0.25) is 24.5 Å². The Bertz CT molecular complexity index is 1150. The summed E-state index contributed by atoms with van der Waals surface area (Å²) in [6, 6.07) is 11.8. The highest BCUT2D eigenvalue weighted by Gasteiger charge is 2.40. The van der Waals surface area contributed by atoms with E-state index in [1.165, 1.54) is 25.3 Å². The molecule has 10 nitrogen and oxygen atoms in total. The Labute approximate surface area is 202 Å². The molecule has 2 aromatic carbocycles. The van der Waals surface area contributed by atoms with Crippen molar-refractivity contribution in [3.63, 3.8) is 0 Å². The van der Waals surface area contributed by atoms with E-state index >= 15 is 0 Å². The van der Waals surface area contributed by atoms with Crippen molar-refractivity contribution >= 4 is 34.8 Å². The molecule has 1 aliphatic carbocycles. The van der Waals surface area contributed by atoms with Gasteiger partial charge in [-0.2, -0.15) is 0 Å². The summed E-state index contributed by atoms with van der Waals surface area (Å²) in [5.74, 6) is -2.27. The Balaban J connectivity index is 1.38. The fourth-order valence-corrected chi connectivity index (χ4v) is 4.80. The lowest BCUT2D eigenvalue weighted by atomic mass is 9.78. The number of nitrogens with one attached hydrogen (secondary N) is 1. The van der Waals surface area contributed by atoms with Gasteiger partial charge in [-0.15, -0.1) is 0 Å². The number of nitrogens with zero attached hydrogens (tertiary/aromatic N) is 2. The minimum atomic E-state index is -0.709. The van der Waals surface area contributed by atoms with Gasteiger partial charge < -0.3 is 19.7 Å². The summed E-state index contributed by atoms with van der Waals surface area (Å²) in [7, 11) is 1.38. The summed E-state index contributed by atoms with van der Waals surface area (Å²) in [5.41, 5.74) is 1.62. The van der Waals surface area contributed by atoms with Gasteiger partial charge in [0.05, 0.1) is 29.9 Å². The number of nitro benzene ring substituents is 1. The topological polar surface area (TPSA) is 128 Å². The summed E-state index contributed by atoms with van der Waals surface area (Å²) in [6.07, 6.45) is 3.51. The van der Waals surface area contributed by atoms with Crippen LogP contribution in [0, 0.1) is 22.0 Å². The highest BCUT2D eigenvalue weighted by Crippen LogP contribution is 2.36. The minimum absolute atomic E-state index is 0.0322. The average Bonchev–Trinajstić information content (AvgIpc) is 3.31. The molecule has 35 heavy (non-hydrogen) atoms. The lowest BCUT2D eigenvalue weighted by Gasteiger charge is -2.32. The predicted octanol–water partition coefficient (Wildman–Crippen LogP) is 3.48.